The monoisotopic (exact) mass is 486 g/mol. The maximum Gasteiger partial charge on any atom is 0.363 e. The zero-order chi connectivity index (χ0) is 19.7. The van der Waals surface area contributed by atoms with E-state index in [1.165, 1.54) is 18.2 Å². The minimum absolute atomic E-state index is 0.0278. The third-order valence-corrected chi connectivity index (χ3v) is 4.68. The van der Waals surface area contributed by atoms with Crippen molar-refractivity contribution in [3.8, 4) is 11.3 Å². The molecule has 0 unspecified atom stereocenters. The molecule has 0 radical (unpaired) electrons. The molecule has 1 aliphatic rings. The van der Waals surface area contributed by atoms with E-state index in [0.717, 1.165) is 3.57 Å². The summed E-state index contributed by atoms with van der Waals surface area (Å²) < 4.78 is 12.0. The van der Waals surface area contributed by atoms with Gasteiger partial charge in [0.25, 0.3) is 5.69 Å². The molecular weight excluding hydrogens is 475 g/mol. The van der Waals surface area contributed by atoms with Gasteiger partial charge in [-0.3, -0.25) is 10.1 Å². The van der Waals surface area contributed by atoms with E-state index in [1.807, 2.05) is 24.3 Å². The van der Waals surface area contributed by atoms with Gasteiger partial charge in [-0.15, -0.1) is 0 Å². The van der Waals surface area contributed by atoms with Crippen LogP contribution >= 0.6 is 22.6 Å². The quantitative estimate of drug-likeness (QED) is 0.174. The topological polar surface area (TPSA) is 94.9 Å². The van der Waals surface area contributed by atoms with Gasteiger partial charge in [0.2, 0.25) is 5.90 Å². The van der Waals surface area contributed by atoms with Crippen molar-refractivity contribution in [3.63, 3.8) is 0 Å². The number of cyclic esters (lactones) is 1. The maximum absolute atomic E-state index is 12.1. The highest BCUT2D eigenvalue weighted by Gasteiger charge is 2.24. The van der Waals surface area contributed by atoms with E-state index in [1.54, 1.807) is 24.3 Å². The van der Waals surface area contributed by atoms with E-state index in [-0.39, 0.29) is 17.3 Å². The number of aliphatic imine (C=N–C) groups is 1. The summed E-state index contributed by atoms with van der Waals surface area (Å²) >= 11 is 2.19. The average Bonchev–Trinajstić information content (AvgIpc) is 3.30. The van der Waals surface area contributed by atoms with Crippen molar-refractivity contribution in [2.75, 3.05) is 0 Å². The van der Waals surface area contributed by atoms with Gasteiger partial charge in [0.15, 0.2) is 5.70 Å². The van der Waals surface area contributed by atoms with Crippen LogP contribution in [0.1, 0.15) is 11.3 Å². The lowest BCUT2D eigenvalue weighted by Crippen LogP contribution is -2.05. The lowest BCUT2D eigenvalue weighted by atomic mass is 10.1. The molecule has 138 valence electrons. The molecule has 28 heavy (non-hydrogen) atoms. The Bertz CT molecular complexity index is 1150. The van der Waals surface area contributed by atoms with Crippen LogP contribution in [0.2, 0.25) is 0 Å². The number of hydrogen-bond acceptors (Lipinski definition) is 6. The van der Waals surface area contributed by atoms with Crippen molar-refractivity contribution in [1.29, 1.82) is 0 Å². The Balaban J connectivity index is 1.61. The van der Waals surface area contributed by atoms with Crippen LogP contribution < -0.4 is 0 Å². The third-order valence-electron chi connectivity index (χ3n) is 3.96. The highest BCUT2D eigenvalue weighted by Crippen LogP contribution is 2.27. The summed E-state index contributed by atoms with van der Waals surface area (Å²) in [7, 11) is 0. The fourth-order valence-electron chi connectivity index (χ4n) is 2.62. The van der Waals surface area contributed by atoms with Gasteiger partial charge < -0.3 is 9.15 Å². The number of benzene rings is 2. The molecule has 0 fully saturated rings. The average molecular weight is 486 g/mol. The lowest BCUT2D eigenvalue weighted by molar-refractivity contribution is -0.384. The van der Waals surface area contributed by atoms with Crippen LogP contribution in [0.5, 0.6) is 0 Å². The van der Waals surface area contributed by atoms with E-state index in [2.05, 4.69) is 27.6 Å². The Morgan fingerprint density at radius 1 is 1.04 bits per heavy atom. The molecule has 0 spiro atoms. The fourth-order valence-corrected chi connectivity index (χ4v) is 2.98. The molecule has 2 aromatic carbocycles. The lowest BCUT2D eigenvalue weighted by Gasteiger charge is -1.98. The van der Waals surface area contributed by atoms with Crippen LogP contribution in [0.15, 0.2) is 75.8 Å². The van der Waals surface area contributed by atoms with Gasteiger partial charge in [-0.25, -0.2) is 9.79 Å². The number of rotatable bonds is 4. The van der Waals surface area contributed by atoms with Crippen LogP contribution in [-0.2, 0) is 9.53 Å². The molecule has 1 aliphatic heterocycles. The van der Waals surface area contributed by atoms with Gasteiger partial charge in [0.1, 0.15) is 11.5 Å². The number of nitro benzene ring substituents is 1. The standard InChI is InChI=1S/C20H11IN2O5/c21-14-6-4-12(5-7-14)19-22-17(20(24)28-19)11-16-8-9-18(27-16)13-2-1-3-15(10-13)23(25)26/h1-11H. The summed E-state index contributed by atoms with van der Waals surface area (Å²) in [5, 5.41) is 10.9. The highest BCUT2D eigenvalue weighted by atomic mass is 127. The Morgan fingerprint density at radius 3 is 2.57 bits per heavy atom. The first kappa shape index (κ1) is 18.1. The molecular formula is C20H11IN2O5. The number of non-ortho nitro benzene ring substituents is 1. The molecule has 7 nitrogen and oxygen atoms in total. The number of hydrogen-bond donors (Lipinski definition) is 0. The fraction of sp³-hybridized carbons (Fsp3) is 0. The summed E-state index contributed by atoms with van der Waals surface area (Å²) in [4.78, 5) is 26.8. The van der Waals surface area contributed by atoms with Crippen LogP contribution in [0.4, 0.5) is 5.69 Å². The first-order valence-corrected chi connectivity index (χ1v) is 9.21. The number of nitrogens with zero attached hydrogens (tertiary/aromatic N) is 2. The van der Waals surface area contributed by atoms with Crippen molar-refractivity contribution < 1.29 is 18.9 Å². The molecule has 1 aromatic heterocycles. The molecule has 0 N–H and O–H groups in total. The molecule has 0 bridgehead atoms. The van der Waals surface area contributed by atoms with Gasteiger partial charge in [-0.2, -0.15) is 0 Å². The smallest absolute Gasteiger partial charge is 0.363 e. The van der Waals surface area contributed by atoms with Crippen molar-refractivity contribution in [2.45, 2.75) is 0 Å². The molecule has 4 rings (SSSR count). The number of carbonyl (C=O) groups excluding carboxylic acids is 1. The summed E-state index contributed by atoms with van der Waals surface area (Å²) in [5.41, 5.74) is 1.36. The van der Waals surface area contributed by atoms with Crippen molar-refractivity contribution in [3.05, 3.63) is 91.4 Å². The molecule has 3 aromatic rings. The molecule has 0 aliphatic carbocycles. The Hall–Kier alpha value is -3.27. The van der Waals surface area contributed by atoms with Crippen LogP contribution in [0, 0.1) is 13.7 Å². The maximum atomic E-state index is 12.1. The van der Waals surface area contributed by atoms with E-state index >= 15 is 0 Å². The van der Waals surface area contributed by atoms with Gasteiger partial charge in [0.05, 0.1) is 4.92 Å². The molecule has 0 saturated heterocycles. The van der Waals surface area contributed by atoms with Crippen molar-refractivity contribution >= 4 is 46.2 Å². The predicted octanol–water partition coefficient (Wildman–Crippen LogP) is 4.80. The second-order valence-corrected chi connectivity index (χ2v) is 7.10. The summed E-state index contributed by atoms with van der Waals surface area (Å²) in [5.74, 6) is 0.504. The van der Waals surface area contributed by atoms with Gasteiger partial charge >= 0.3 is 5.97 Å². The summed E-state index contributed by atoms with van der Waals surface area (Å²) in [6, 6.07) is 16.9. The number of halogens is 1. The molecule has 8 heteroatoms. The number of carbonyl (C=O) groups is 1. The molecule has 0 saturated carbocycles. The normalized spacial score (nSPS) is 14.8. The van der Waals surface area contributed by atoms with E-state index in [0.29, 0.717) is 22.6 Å². The minimum atomic E-state index is -0.568. The second-order valence-electron chi connectivity index (χ2n) is 5.85. The van der Waals surface area contributed by atoms with Gasteiger partial charge in [-0.05, 0) is 59.0 Å². The zero-order valence-electron chi connectivity index (χ0n) is 14.2. The zero-order valence-corrected chi connectivity index (χ0v) is 16.3. The first-order valence-electron chi connectivity index (χ1n) is 8.13. The predicted molar refractivity (Wildman–Crippen MR) is 111 cm³/mol. The highest BCUT2D eigenvalue weighted by molar-refractivity contribution is 14.1. The summed E-state index contributed by atoms with van der Waals surface area (Å²) in [6.07, 6.45) is 1.48. The van der Waals surface area contributed by atoms with Gasteiger partial charge in [-0.1, -0.05) is 12.1 Å². The number of furan rings is 1. The SMILES string of the molecule is O=C1OC(c2ccc(I)cc2)=NC1=Cc1ccc(-c2cccc([N+](=O)[O-])c2)o1. The third kappa shape index (κ3) is 3.72. The van der Waals surface area contributed by atoms with E-state index in [4.69, 9.17) is 9.15 Å². The Labute approximate surface area is 172 Å². The van der Waals surface area contributed by atoms with E-state index < -0.39 is 10.9 Å². The molecule has 0 amide bonds. The van der Waals surface area contributed by atoms with Crippen molar-refractivity contribution in [2.24, 2.45) is 4.99 Å². The second kappa shape index (κ2) is 7.39. The number of ether oxygens (including phenoxy) is 1. The summed E-state index contributed by atoms with van der Waals surface area (Å²) in [6.45, 7) is 0. The Kier molecular flexibility index (Phi) is 4.78. The molecule has 2 heterocycles. The molecule has 0 atom stereocenters. The number of esters is 1. The van der Waals surface area contributed by atoms with Crippen molar-refractivity contribution in [1.82, 2.24) is 0 Å². The van der Waals surface area contributed by atoms with Crippen LogP contribution in [-0.4, -0.2) is 16.8 Å². The first-order chi connectivity index (χ1) is 13.5. The van der Waals surface area contributed by atoms with Gasteiger partial charge in [0, 0.05) is 32.9 Å². The van der Waals surface area contributed by atoms with Crippen LogP contribution in [0.25, 0.3) is 17.4 Å². The Morgan fingerprint density at radius 2 is 1.82 bits per heavy atom. The van der Waals surface area contributed by atoms with E-state index in [9.17, 15) is 14.9 Å². The van der Waals surface area contributed by atoms with Crippen LogP contribution in [0.3, 0.4) is 0 Å². The number of nitro groups is 1. The largest absolute Gasteiger partial charge is 0.457 e. The minimum Gasteiger partial charge on any atom is -0.457 e.